The Bertz CT molecular complexity index is 995. The molecule has 0 saturated carbocycles. The number of thioether (sulfide) groups is 1. The zero-order valence-electron chi connectivity index (χ0n) is 19.7. The van der Waals surface area contributed by atoms with Crippen molar-refractivity contribution in [1.82, 2.24) is 19.9 Å². The molecule has 176 valence electrons. The standard InChI is InChI=1S/C21H32N6O4S/c1-20(2,3)30-18(28)23-13-8-9-26(12-13)15-10-16(25-19(29)31-21(4,5)6)27-17(24-15)14(32-7)11-22-27/h10-11,13H,8-9,12H2,1-7H3,(H,23,28)(H,25,29)/t13-/m0/s1. The predicted octanol–water partition coefficient (Wildman–Crippen LogP) is 3.90. The minimum absolute atomic E-state index is 0.0601. The molecule has 0 unspecified atom stereocenters. The van der Waals surface area contributed by atoms with E-state index < -0.39 is 23.4 Å². The van der Waals surface area contributed by atoms with E-state index in [4.69, 9.17) is 14.5 Å². The van der Waals surface area contributed by atoms with Crippen LogP contribution in [-0.2, 0) is 9.47 Å². The van der Waals surface area contributed by atoms with Crippen LogP contribution in [0.25, 0.3) is 5.65 Å². The van der Waals surface area contributed by atoms with E-state index in [0.717, 1.165) is 11.3 Å². The van der Waals surface area contributed by atoms with Gasteiger partial charge in [0.15, 0.2) is 5.65 Å². The van der Waals surface area contributed by atoms with E-state index in [2.05, 4.69) is 20.6 Å². The van der Waals surface area contributed by atoms with Crippen molar-refractivity contribution < 1.29 is 19.1 Å². The monoisotopic (exact) mass is 464 g/mol. The Labute approximate surface area is 192 Å². The number of nitrogens with zero attached hydrogens (tertiary/aromatic N) is 4. The number of fused-ring (bicyclic) bond motifs is 1. The highest BCUT2D eigenvalue weighted by atomic mass is 32.2. The van der Waals surface area contributed by atoms with Gasteiger partial charge in [-0.05, 0) is 54.2 Å². The van der Waals surface area contributed by atoms with Crippen molar-refractivity contribution in [3.8, 4) is 0 Å². The molecule has 0 spiro atoms. The van der Waals surface area contributed by atoms with E-state index in [1.54, 1.807) is 16.8 Å². The van der Waals surface area contributed by atoms with E-state index in [1.165, 1.54) is 11.8 Å². The summed E-state index contributed by atoms with van der Waals surface area (Å²) in [5.74, 6) is 1.15. The molecule has 1 aliphatic heterocycles. The average Bonchev–Trinajstić information content (AvgIpc) is 3.24. The van der Waals surface area contributed by atoms with E-state index >= 15 is 0 Å². The Morgan fingerprint density at radius 2 is 1.78 bits per heavy atom. The summed E-state index contributed by atoms with van der Waals surface area (Å²) < 4.78 is 12.3. The molecule has 3 rings (SSSR count). The van der Waals surface area contributed by atoms with Crippen LogP contribution in [0.1, 0.15) is 48.0 Å². The average molecular weight is 465 g/mol. The number of ether oxygens (including phenoxy) is 2. The first-order chi connectivity index (χ1) is 14.8. The van der Waals surface area contributed by atoms with Crippen molar-refractivity contribution in [2.24, 2.45) is 0 Å². The molecule has 1 saturated heterocycles. The summed E-state index contributed by atoms with van der Waals surface area (Å²) in [7, 11) is 0. The first-order valence-electron chi connectivity index (χ1n) is 10.5. The SMILES string of the molecule is CSc1cnn2c(NC(=O)OC(C)(C)C)cc(N3CC[C@H](NC(=O)OC(C)(C)C)C3)nc12. The van der Waals surface area contributed by atoms with Crippen LogP contribution in [-0.4, -0.2) is 63.4 Å². The molecule has 2 aromatic heterocycles. The summed E-state index contributed by atoms with van der Waals surface area (Å²) in [6.45, 7) is 12.2. The molecule has 3 heterocycles. The van der Waals surface area contributed by atoms with Crippen LogP contribution < -0.4 is 15.5 Å². The van der Waals surface area contributed by atoms with Crippen LogP contribution in [0, 0.1) is 0 Å². The van der Waals surface area contributed by atoms with Crippen LogP contribution in [0.4, 0.5) is 21.2 Å². The molecule has 0 bridgehead atoms. The minimum atomic E-state index is -0.622. The molecule has 0 aromatic carbocycles. The maximum Gasteiger partial charge on any atom is 0.413 e. The van der Waals surface area contributed by atoms with Gasteiger partial charge < -0.3 is 19.7 Å². The number of carbonyl (C=O) groups is 2. The molecule has 11 heteroatoms. The van der Waals surface area contributed by atoms with E-state index in [-0.39, 0.29) is 6.04 Å². The fourth-order valence-electron chi connectivity index (χ4n) is 3.29. The van der Waals surface area contributed by atoms with Gasteiger partial charge in [0.1, 0.15) is 22.8 Å². The molecule has 1 fully saturated rings. The number of rotatable bonds is 4. The summed E-state index contributed by atoms with van der Waals surface area (Å²) >= 11 is 1.53. The third kappa shape index (κ3) is 6.18. The normalized spacial score (nSPS) is 16.8. The summed E-state index contributed by atoms with van der Waals surface area (Å²) in [4.78, 5) is 32.3. The second-order valence-corrected chi connectivity index (χ2v) is 10.5. The van der Waals surface area contributed by atoms with Crippen LogP contribution in [0.15, 0.2) is 17.2 Å². The summed E-state index contributed by atoms with van der Waals surface area (Å²) in [5, 5.41) is 10.1. The van der Waals surface area contributed by atoms with Crippen molar-refractivity contribution in [2.75, 3.05) is 29.6 Å². The van der Waals surface area contributed by atoms with Gasteiger partial charge in [0, 0.05) is 19.2 Å². The van der Waals surface area contributed by atoms with E-state index in [9.17, 15) is 9.59 Å². The van der Waals surface area contributed by atoms with Gasteiger partial charge in [-0.25, -0.2) is 14.6 Å². The Balaban J connectivity index is 1.81. The highest BCUT2D eigenvalue weighted by Crippen LogP contribution is 2.28. The second-order valence-electron chi connectivity index (χ2n) is 9.65. The predicted molar refractivity (Wildman–Crippen MR) is 125 cm³/mol. The Morgan fingerprint density at radius 3 is 2.41 bits per heavy atom. The topological polar surface area (TPSA) is 110 Å². The number of hydrogen-bond donors (Lipinski definition) is 2. The third-order valence-electron chi connectivity index (χ3n) is 4.51. The lowest BCUT2D eigenvalue weighted by molar-refractivity contribution is 0.0508. The van der Waals surface area contributed by atoms with E-state index in [0.29, 0.717) is 30.4 Å². The minimum Gasteiger partial charge on any atom is -0.444 e. The van der Waals surface area contributed by atoms with Crippen molar-refractivity contribution >= 4 is 41.2 Å². The zero-order valence-corrected chi connectivity index (χ0v) is 20.5. The highest BCUT2D eigenvalue weighted by molar-refractivity contribution is 7.98. The van der Waals surface area contributed by atoms with Gasteiger partial charge in [-0.2, -0.15) is 9.61 Å². The van der Waals surface area contributed by atoms with Crippen molar-refractivity contribution in [2.45, 2.75) is 70.1 Å². The van der Waals surface area contributed by atoms with Gasteiger partial charge in [-0.1, -0.05) is 0 Å². The van der Waals surface area contributed by atoms with Crippen molar-refractivity contribution in [3.63, 3.8) is 0 Å². The lowest BCUT2D eigenvalue weighted by Gasteiger charge is -2.23. The molecule has 32 heavy (non-hydrogen) atoms. The Morgan fingerprint density at radius 1 is 1.12 bits per heavy atom. The van der Waals surface area contributed by atoms with Crippen LogP contribution >= 0.6 is 11.8 Å². The zero-order chi connectivity index (χ0) is 23.7. The number of anilines is 2. The molecule has 1 aliphatic rings. The number of aromatic nitrogens is 3. The van der Waals surface area contributed by atoms with Gasteiger partial charge in [0.25, 0.3) is 0 Å². The number of alkyl carbamates (subject to hydrolysis) is 1. The number of carbonyl (C=O) groups excluding carboxylic acids is 2. The quantitative estimate of drug-likeness (QED) is 0.656. The summed E-state index contributed by atoms with van der Waals surface area (Å²) in [5.41, 5.74) is -0.527. The van der Waals surface area contributed by atoms with Gasteiger partial charge in [-0.15, -0.1) is 11.8 Å². The largest absolute Gasteiger partial charge is 0.444 e. The first kappa shape index (κ1) is 24.0. The summed E-state index contributed by atoms with van der Waals surface area (Å²) in [6, 6.07) is 1.71. The Hall–Kier alpha value is -2.69. The van der Waals surface area contributed by atoms with Gasteiger partial charge >= 0.3 is 12.2 Å². The second kappa shape index (κ2) is 9.05. The number of nitrogens with one attached hydrogen (secondary N) is 2. The number of amides is 2. The van der Waals surface area contributed by atoms with Crippen molar-refractivity contribution in [3.05, 3.63) is 12.3 Å². The molecule has 2 N–H and O–H groups in total. The van der Waals surface area contributed by atoms with Crippen LogP contribution in [0.3, 0.4) is 0 Å². The molecular weight excluding hydrogens is 432 g/mol. The molecule has 2 aromatic rings. The fourth-order valence-corrected chi connectivity index (χ4v) is 3.76. The lowest BCUT2D eigenvalue weighted by atomic mass is 10.2. The fraction of sp³-hybridized carbons (Fsp3) is 0.619. The molecule has 0 radical (unpaired) electrons. The van der Waals surface area contributed by atoms with Gasteiger partial charge in [-0.3, -0.25) is 5.32 Å². The lowest BCUT2D eigenvalue weighted by Crippen LogP contribution is -2.40. The molecule has 10 nitrogen and oxygen atoms in total. The Kier molecular flexibility index (Phi) is 6.77. The molecule has 1 atom stereocenters. The molecular formula is C21H32N6O4S. The van der Waals surface area contributed by atoms with Crippen molar-refractivity contribution in [1.29, 1.82) is 0 Å². The smallest absolute Gasteiger partial charge is 0.413 e. The first-order valence-corrected chi connectivity index (χ1v) is 11.7. The maximum absolute atomic E-state index is 12.4. The van der Waals surface area contributed by atoms with Crippen LogP contribution in [0.2, 0.25) is 0 Å². The molecule has 2 amide bonds. The maximum atomic E-state index is 12.4. The van der Waals surface area contributed by atoms with Gasteiger partial charge in [0.2, 0.25) is 0 Å². The van der Waals surface area contributed by atoms with Crippen LogP contribution in [0.5, 0.6) is 0 Å². The third-order valence-corrected chi connectivity index (χ3v) is 5.24. The highest BCUT2D eigenvalue weighted by Gasteiger charge is 2.28. The van der Waals surface area contributed by atoms with Gasteiger partial charge in [0.05, 0.1) is 17.1 Å². The number of hydrogen-bond acceptors (Lipinski definition) is 8. The summed E-state index contributed by atoms with van der Waals surface area (Å²) in [6.07, 6.45) is 3.43. The van der Waals surface area contributed by atoms with E-state index in [1.807, 2.05) is 47.8 Å². The molecule has 0 aliphatic carbocycles.